The van der Waals surface area contributed by atoms with Crippen LogP contribution in [0.3, 0.4) is 0 Å². The zero-order valence-electron chi connectivity index (χ0n) is 12.5. The molecule has 0 N–H and O–H groups in total. The number of nitrogens with zero attached hydrogens (tertiary/aromatic N) is 4. The number of carbonyl (C=O) groups is 1. The third kappa shape index (κ3) is 3.85. The first-order chi connectivity index (χ1) is 10.8. The summed E-state index contributed by atoms with van der Waals surface area (Å²) in [5.74, 6) is 0.748. The Hall–Kier alpha value is -2.34. The molecule has 3 heterocycles. The third-order valence-electron chi connectivity index (χ3n) is 3.85. The van der Waals surface area contributed by atoms with Gasteiger partial charge in [-0.1, -0.05) is 0 Å². The average Bonchev–Trinajstić information content (AvgIpc) is 3.24. The van der Waals surface area contributed by atoms with Gasteiger partial charge in [0.25, 0.3) is 0 Å². The maximum atomic E-state index is 12.1. The topological polar surface area (TPSA) is 54.5 Å². The summed E-state index contributed by atoms with van der Waals surface area (Å²) in [4.78, 5) is 20.4. The van der Waals surface area contributed by atoms with Crippen LogP contribution in [0.2, 0.25) is 0 Å². The summed E-state index contributed by atoms with van der Waals surface area (Å²) in [6.45, 7) is 5.29. The maximum absolute atomic E-state index is 12.1. The molecule has 2 aromatic rings. The van der Waals surface area contributed by atoms with E-state index >= 15 is 0 Å². The monoisotopic (exact) mass is 300 g/mol. The number of amides is 1. The van der Waals surface area contributed by atoms with Gasteiger partial charge < -0.3 is 13.9 Å². The van der Waals surface area contributed by atoms with Crippen molar-refractivity contribution in [3.05, 3.63) is 49.0 Å². The number of imidazole rings is 1. The molecule has 1 fully saturated rings. The molecule has 1 aliphatic rings. The molecule has 0 aromatic carbocycles. The van der Waals surface area contributed by atoms with E-state index in [9.17, 15) is 4.79 Å². The second kappa shape index (κ2) is 7.09. The summed E-state index contributed by atoms with van der Waals surface area (Å²) in [5, 5.41) is 0. The average molecular weight is 300 g/mol. The van der Waals surface area contributed by atoms with Gasteiger partial charge in [-0.15, -0.1) is 0 Å². The Labute approximate surface area is 129 Å². The lowest BCUT2D eigenvalue weighted by Gasteiger charge is -2.34. The van der Waals surface area contributed by atoms with Gasteiger partial charge in [0.2, 0.25) is 5.91 Å². The maximum Gasteiger partial charge on any atom is 0.246 e. The summed E-state index contributed by atoms with van der Waals surface area (Å²) >= 11 is 0. The Morgan fingerprint density at radius 3 is 2.82 bits per heavy atom. The first kappa shape index (κ1) is 14.6. The van der Waals surface area contributed by atoms with Gasteiger partial charge in [0.05, 0.1) is 12.6 Å². The van der Waals surface area contributed by atoms with Crippen molar-refractivity contribution in [3.63, 3.8) is 0 Å². The molecule has 116 valence electrons. The highest BCUT2D eigenvalue weighted by atomic mass is 16.3. The van der Waals surface area contributed by atoms with E-state index < -0.39 is 0 Å². The molecule has 3 rings (SSSR count). The zero-order chi connectivity index (χ0) is 15.2. The normalized spacial score (nSPS) is 16.5. The summed E-state index contributed by atoms with van der Waals surface area (Å²) in [5.41, 5.74) is 0. The van der Waals surface area contributed by atoms with Crippen LogP contribution in [-0.4, -0.2) is 58.0 Å². The van der Waals surface area contributed by atoms with Crippen LogP contribution in [0.4, 0.5) is 0 Å². The van der Waals surface area contributed by atoms with Gasteiger partial charge in [-0.25, -0.2) is 4.98 Å². The highest BCUT2D eigenvalue weighted by Gasteiger charge is 2.19. The van der Waals surface area contributed by atoms with Crippen LogP contribution in [0.5, 0.6) is 0 Å². The summed E-state index contributed by atoms with van der Waals surface area (Å²) in [6, 6.07) is 3.64. The van der Waals surface area contributed by atoms with Gasteiger partial charge >= 0.3 is 0 Å². The van der Waals surface area contributed by atoms with Crippen molar-refractivity contribution in [2.24, 2.45) is 0 Å². The smallest absolute Gasteiger partial charge is 0.246 e. The van der Waals surface area contributed by atoms with Crippen molar-refractivity contribution in [3.8, 4) is 0 Å². The van der Waals surface area contributed by atoms with Gasteiger partial charge in [0.1, 0.15) is 5.76 Å². The second-order valence-electron chi connectivity index (χ2n) is 5.32. The molecule has 0 radical (unpaired) electrons. The Balaban J connectivity index is 1.42. The Morgan fingerprint density at radius 1 is 1.27 bits per heavy atom. The van der Waals surface area contributed by atoms with Crippen LogP contribution in [0.1, 0.15) is 5.76 Å². The molecule has 1 aliphatic heterocycles. The molecule has 0 spiro atoms. The fraction of sp³-hybridized carbons (Fsp3) is 0.375. The van der Waals surface area contributed by atoms with E-state index in [0.717, 1.165) is 39.3 Å². The van der Waals surface area contributed by atoms with E-state index in [1.807, 2.05) is 29.6 Å². The number of rotatable bonds is 5. The van der Waals surface area contributed by atoms with Gasteiger partial charge in [-0.05, 0) is 18.2 Å². The lowest BCUT2D eigenvalue weighted by Crippen LogP contribution is -2.48. The fourth-order valence-electron chi connectivity index (χ4n) is 2.51. The number of carbonyl (C=O) groups excluding carboxylic acids is 1. The molecule has 22 heavy (non-hydrogen) atoms. The lowest BCUT2D eigenvalue weighted by atomic mass is 10.3. The van der Waals surface area contributed by atoms with Crippen LogP contribution in [0.15, 0.2) is 47.6 Å². The molecular weight excluding hydrogens is 280 g/mol. The SMILES string of the molecule is O=C(/C=C/c1ccco1)N1CCN(CCn2ccnc2)CC1. The molecule has 1 saturated heterocycles. The standard InChI is InChI=1S/C16H20N4O2/c21-16(4-3-15-2-1-13-22-15)20-11-9-18(10-12-20)7-8-19-6-5-17-14-19/h1-6,13-14H,7-12H2/b4-3+. The Morgan fingerprint density at radius 2 is 2.14 bits per heavy atom. The molecule has 0 saturated carbocycles. The Kier molecular flexibility index (Phi) is 4.70. The molecular formula is C16H20N4O2. The molecule has 0 bridgehead atoms. The van der Waals surface area contributed by atoms with E-state index in [1.54, 1.807) is 24.6 Å². The van der Waals surface area contributed by atoms with Crippen molar-refractivity contribution in [1.82, 2.24) is 19.4 Å². The molecule has 6 nitrogen and oxygen atoms in total. The molecule has 2 aromatic heterocycles. The molecule has 1 amide bonds. The Bertz CT molecular complexity index is 596. The minimum Gasteiger partial charge on any atom is -0.465 e. The number of hydrogen-bond acceptors (Lipinski definition) is 4. The van der Waals surface area contributed by atoms with E-state index in [2.05, 4.69) is 14.5 Å². The summed E-state index contributed by atoms with van der Waals surface area (Å²) in [7, 11) is 0. The molecule has 0 aliphatic carbocycles. The highest BCUT2D eigenvalue weighted by molar-refractivity contribution is 5.91. The first-order valence-corrected chi connectivity index (χ1v) is 7.50. The van der Waals surface area contributed by atoms with E-state index in [0.29, 0.717) is 5.76 Å². The van der Waals surface area contributed by atoms with Gasteiger partial charge in [0, 0.05) is 57.7 Å². The van der Waals surface area contributed by atoms with Gasteiger partial charge in [-0.3, -0.25) is 9.69 Å². The van der Waals surface area contributed by atoms with Crippen molar-refractivity contribution in [2.45, 2.75) is 6.54 Å². The minimum absolute atomic E-state index is 0.0469. The van der Waals surface area contributed by atoms with Crippen LogP contribution >= 0.6 is 0 Å². The van der Waals surface area contributed by atoms with Gasteiger partial charge in [-0.2, -0.15) is 0 Å². The van der Waals surface area contributed by atoms with Crippen molar-refractivity contribution >= 4 is 12.0 Å². The van der Waals surface area contributed by atoms with Crippen molar-refractivity contribution < 1.29 is 9.21 Å². The van der Waals surface area contributed by atoms with Crippen LogP contribution < -0.4 is 0 Å². The third-order valence-corrected chi connectivity index (χ3v) is 3.85. The number of aromatic nitrogens is 2. The molecule has 0 unspecified atom stereocenters. The summed E-state index contributed by atoms with van der Waals surface area (Å²) in [6.07, 6.45) is 10.5. The van der Waals surface area contributed by atoms with E-state index in [-0.39, 0.29) is 5.91 Å². The second-order valence-corrected chi connectivity index (χ2v) is 5.32. The predicted octanol–water partition coefficient (Wildman–Crippen LogP) is 1.33. The number of hydrogen-bond donors (Lipinski definition) is 0. The quantitative estimate of drug-likeness (QED) is 0.782. The van der Waals surface area contributed by atoms with Crippen molar-refractivity contribution in [1.29, 1.82) is 0 Å². The highest BCUT2D eigenvalue weighted by Crippen LogP contribution is 2.06. The first-order valence-electron chi connectivity index (χ1n) is 7.50. The van der Waals surface area contributed by atoms with Crippen molar-refractivity contribution in [2.75, 3.05) is 32.7 Å². The van der Waals surface area contributed by atoms with Crippen LogP contribution in [-0.2, 0) is 11.3 Å². The number of piperazine rings is 1. The number of furan rings is 1. The van der Waals surface area contributed by atoms with E-state index in [4.69, 9.17) is 4.42 Å². The summed E-state index contributed by atoms with van der Waals surface area (Å²) < 4.78 is 7.26. The van der Waals surface area contributed by atoms with Crippen LogP contribution in [0.25, 0.3) is 6.08 Å². The predicted molar refractivity (Wildman–Crippen MR) is 83.0 cm³/mol. The largest absolute Gasteiger partial charge is 0.465 e. The molecule has 6 heteroatoms. The minimum atomic E-state index is 0.0469. The van der Waals surface area contributed by atoms with Gasteiger partial charge in [0.15, 0.2) is 0 Å². The fourth-order valence-corrected chi connectivity index (χ4v) is 2.51. The van der Waals surface area contributed by atoms with E-state index in [1.165, 1.54) is 0 Å². The van der Waals surface area contributed by atoms with Crippen LogP contribution in [0, 0.1) is 0 Å². The lowest BCUT2D eigenvalue weighted by molar-refractivity contribution is -0.127. The zero-order valence-corrected chi connectivity index (χ0v) is 12.5. The molecule has 0 atom stereocenters.